The molecule has 2 saturated heterocycles. The first-order valence-electron chi connectivity index (χ1n) is 9.07. The number of hydrogen-bond acceptors (Lipinski definition) is 5. The predicted molar refractivity (Wildman–Crippen MR) is 94.8 cm³/mol. The molecule has 1 amide bonds. The summed E-state index contributed by atoms with van der Waals surface area (Å²) in [5.74, 6) is 2.00. The molecule has 0 aromatic carbocycles. The molecule has 2 aliphatic heterocycles. The van der Waals surface area contributed by atoms with Gasteiger partial charge in [-0.2, -0.15) is 5.26 Å². The van der Waals surface area contributed by atoms with E-state index in [1.165, 1.54) is 0 Å². The number of anilines is 1. The molecule has 0 radical (unpaired) electrons. The molecule has 6 heteroatoms. The lowest BCUT2D eigenvalue weighted by Crippen LogP contribution is -2.38. The summed E-state index contributed by atoms with van der Waals surface area (Å²) in [6.07, 6.45) is 3.24. The van der Waals surface area contributed by atoms with Gasteiger partial charge in [0.05, 0.1) is 5.56 Å². The third kappa shape index (κ3) is 4.10. The molecule has 6 nitrogen and oxygen atoms in total. The minimum atomic E-state index is 0.105. The van der Waals surface area contributed by atoms with Crippen LogP contribution in [0.25, 0.3) is 0 Å². The highest BCUT2D eigenvalue weighted by atomic mass is 16.5. The van der Waals surface area contributed by atoms with E-state index in [1.54, 1.807) is 12.3 Å². The van der Waals surface area contributed by atoms with Crippen LogP contribution in [-0.4, -0.2) is 48.1 Å². The van der Waals surface area contributed by atoms with Crippen molar-refractivity contribution in [2.24, 2.45) is 17.8 Å². The van der Waals surface area contributed by atoms with Crippen LogP contribution < -0.4 is 5.32 Å². The van der Waals surface area contributed by atoms with Gasteiger partial charge in [0.15, 0.2) is 0 Å². The van der Waals surface area contributed by atoms with Crippen LogP contribution in [0, 0.1) is 29.1 Å². The van der Waals surface area contributed by atoms with Crippen LogP contribution in [-0.2, 0) is 9.53 Å². The van der Waals surface area contributed by atoms with E-state index in [0.717, 1.165) is 25.2 Å². The van der Waals surface area contributed by atoms with Crippen LogP contribution in [0.2, 0.25) is 0 Å². The van der Waals surface area contributed by atoms with E-state index in [1.807, 2.05) is 11.0 Å². The Labute approximate surface area is 149 Å². The SMILES string of the molecule is CC(C)[C@@H]1CN(C(=O)C2CCOCC2)C[C@H]1Nc1ccc(C#N)cn1. The molecule has 0 unspecified atom stereocenters. The number of rotatable bonds is 4. The average Bonchev–Trinajstić information content (AvgIpc) is 3.06. The second kappa shape index (κ2) is 7.83. The van der Waals surface area contributed by atoms with Gasteiger partial charge in [-0.15, -0.1) is 0 Å². The number of aromatic nitrogens is 1. The number of carbonyl (C=O) groups is 1. The molecule has 0 saturated carbocycles. The van der Waals surface area contributed by atoms with Crippen molar-refractivity contribution in [3.63, 3.8) is 0 Å². The number of likely N-dealkylation sites (tertiary alicyclic amines) is 1. The zero-order chi connectivity index (χ0) is 17.8. The molecule has 1 aromatic heterocycles. The summed E-state index contributed by atoms with van der Waals surface area (Å²) in [5.41, 5.74) is 0.550. The first-order valence-corrected chi connectivity index (χ1v) is 9.07. The highest BCUT2D eigenvalue weighted by Crippen LogP contribution is 2.29. The molecule has 0 bridgehead atoms. The topological polar surface area (TPSA) is 78.2 Å². The summed E-state index contributed by atoms with van der Waals surface area (Å²) >= 11 is 0. The molecule has 2 fully saturated rings. The first-order chi connectivity index (χ1) is 12.1. The average molecular weight is 342 g/mol. The van der Waals surface area contributed by atoms with Crippen LogP contribution in [0.5, 0.6) is 0 Å². The molecule has 0 spiro atoms. The Morgan fingerprint density at radius 2 is 2.12 bits per heavy atom. The Balaban J connectivity index is 1.67. The number of hydrogen-bond donors (Lipinski definition) is 1. The molecule has 0 aliphatic carbocycles. The first kappa shape index (κ1) is 17.7. The van der Waals surface area contributed by atoms with Gasteiger partial charge >= 0.3 is 0 Å². The zero-order valence-electron chi connectivity index (χ0n) is 14.9. The lowest BCUT2D eigenvalue weighted by Gasteiger charge is -2.26. The van der Waals surface area contributed by atoms with E-state index in [2.05, 4.69) is 30.2 Å². The van der Waals surface area contributed by atoms with Gasteiger partial charge in [-0.3, -0.25) is 4.79 Å². The molecular formula is C19H26N4O2. The molecule has 1 aromatic rings. The second-order valence-electron chi connectivity index (χ2n) is 7.33. The Bertz CT molecular complexity index is 632. The fourth-order valence-electron chi connectivity index (χ4n) is 3.78. The highest BCUT2D eigenvalue weighted by Gasteiger charge is 2.39. The largest absolute Gasteiger partial charge is 0.381 e. The van der Waals surface area contributed by atoms with E-state index in [9.17, 15) is 4.79 Å². The molecule has 1 N–H and O–H groups in total. The van der Waals surface area contributed by atoms with Gasteiger partial charge in [0.25, 0.3) is 0 Å². The lowest BCUT2D eigenvalue weighted by atomic mass is 9.91. The van der Waals surface area contributed by atoms with Crippen molar-refractivity contribution in [3.8, 4) is 6.07 Å². The molecule has 3 heterocycles. The number of amides is 1. The number of pyridine rings is 1. The Morgan fingerprint density at radius 3 is 2.72 bits per heavy atom. The summed E-state index contributed by atoms with van der Waals surface area (Å²) in [6.45, 7) is 7.29. The molecule has 2 aliphatic rings. The van der Waals surface area contributed by atoms with Gasteiger partial charge in [0.1, 0.15) is 11.9 Å². The highest BCUT2D eigenvalue weighted by molar-refractivity contribution is 5.79. The molecule has 134 valence electrons. The van der Waals surface area contributed by atoms with Crippen LogP contribution >= 0.6 is 0 Å². The van der Waals surface area contributed by atoms with E-state index in [-0.39, 0.29) is 17.9 Å². The number of nitrogens with zero attached hydrogens (tertiary/aromatic N) is 3. The van der Waals surface area contributed by atoms with Crippen LogP contribution in [0.15, 0.2) is 18.3 Å². The number of nitrogens with one attached hydrogen (secondary N) is 1. The van der Waals surface area contributed by atoms with E-state index in [0.29, 0.717) is 37.2 Å². The van der Waals surface area contributed by atoms with Crippen molar-refractivity contribution in [3.05, 3.63) is 23.9 Å². The summed E-state index contributed by atoms with van der Waals surface area (Å²) in [5, 5.41) is 12.4. The fraction of sp³-hybridized carbons (Fsp3) is 0.632. The van der Waals surface area contributed by atoms with Crippen LogP contribution in [0.1, 0.15) is 32.3 Å². The minimum Gasteiger partial charge on any atom is -0.381 e. The lowest BCUT2D eigenvalue weighted by molar-refractivity contribution is -0.137. The smallest absolute Gasteiger partial charge is 0.225 e. The summed E-state index contributed by atoms with van der Waals surface area (Å²) in [6, 6.07) is 5.86. The van der Waals surface area contributed by atoms with Gasteiger partial charge in [0, 0.05) is 50.4 Å². The van der Waals surface area contributed by atoms with Crippen LogP contribution in [0.3, 0.4) is 0 Å². The quantitative estimate of drug-likeness (QED) is 0.908. The second-order valence-corrected chi connectivity index (χ2v) is 7.33. The molecular weight excluding hydrogens is 316 g/mol. The van der Waals surface area contributed by atoms with E-state index >= 15 is 0 Å². The number of carbonyl (C=O) groups excluding carboxylic acids is 1. The van der Waals surface area contributed by atoms with Crippen molar-refractivity contribution in [2.75, 3.05) is 31.6 Å². The Kier molecular flexibility index (Phi) is 5.54. The Morgan fingerprint density at radius 1 is 1.36 bits per heavy atom. The minimum absolute atomic E-state index is 0.105. The standard InChI is InChI=1S/C19H26N4O2/c1-13(2)16-11-23(19(24)15-5-7-25-8-6-15)12-17(16)22-18-4-3-14(9-20)10-21-18/h3-4,10,13,15-17H,5-8,11-12H2,1-2H3,(H,21,22)/t16-,17+/m0/s1. The molecule has 3 rings (SSSR count). The Hall–Kier alpha value is -2.13. The third-order valence-corrected chi connectivity index (χ3v) is 5.33. The van der Waals surface area contributed by atoms with Gasteiger partial charge in [-0.25, -0.2) is 4.98 Å². The zero-order valence-corrected chi connectivity index (χ0v) is 14.9. The number of nitriles is 1. The van der Waals surface area contributed by atoms with Gasteiger partial charge in [0.2, 0.25) is 5.91 Å². The van der Waals surface area contributed by atoms with E-state index < -0.39 is 0 Å². The van der Waals surface area contributed by atoms with Crippen molar-refractivity contribution >= 4 is 11.7 Å². The van der Waals surface area contributed by atoms with E-state index in [4.69, 9.17) is 10.00 Å². The monoisotopic (exact) mass is 342 g/mol. The van der Waals surface area contributed by atoms with Crippen molar-refractivity contribution in [1.29, 1.82) is 5.26 Å². The maximum Gasteiger partial charge on any atom is 0.225 e. The van der Waals surface area contributed by atoms with Crippen molar-refractivity contribution in [2.45, 2.75) is 32.7 Å². The third-order valence-electron chi connectivity index (χ3n) is 5.33. The maximum atomic E-state index is 12.8. The van der Waals surface area contributed by atoms with Gasteiger partial charge in [-0.05, 0) is 30.9 Å². The molecule has 25 heavy (non-hydrogen) atoms. The maximum absolute atomic E-state index is 12.8. The molecule has 2 atom stereocenters. The van der Waals surface area contributed by atoms with Crippen LogP contribution in [0.4, 0.5) is 5.82 Å². The van der Waals surface area contributed by atoms with Gasteiger partial charge < -0.3 is 15.0 Å². The van der Waals surface area contributed by atoms with Crippen molar-refractivity contribution < 1.29 is 9.53 Å². The summed E-state index contributed by atoms with van der Waals surface area (Å²) in [7, 11) is 0. The fourth-order valence-corrected chi connectivity index (χ4v) is 3.78. The van der Waals surface area contributed by atoms with Crippen molar-refractivity contribution in [1.82, 2.24) is 9.88 Å². The normalized spacial score (nSPS) is 24.3. The number of ether oxygens (including phenoxy) is 1. The summed E-state index contributed by atoms with van der Waals surface area (Å²) in [4.78, 5) is 19.2. The summed E-state index contributed by atoms with van der Waals surface area (Å²) < 4.78 is 5.38. The predicted octanol–water partition coefficient (Wildman–Crippen LogP) is 2.27. The van der Waals surface area contributed by atoms with Gasteiger partial charge in [-0.1, -0.05) is 13.8 Å².